The number of nitrogens with one attached hydrogen (secondary N) is 1. The van der Waals surface area contributed by atoms with E-state index in [1.165, 1.54) is 5.56 Å². The molecular weight excluding hydrogens is 314 g/mol. The quantitative estimate of drug-likeness (QED) is 0.732. The van der Waals surface area contributed by atoms with E-state index < -0.39 is 15.4 Å². The molecule has 1 N–H and O–H groups in total. The van der Waals surface area contributed by atoms with Crippen molar-refractivity contribution < 1.29 is 17.9 Å². The number of amides is 1. The Bertz CT molecular complexity index is 615. The Morgan fingerprint density at radius 2 is 2.00 bits per heavy atom. The van der Waals surface area contributed by atoms with Crippen LogP contribution in [0.1, 0.15) is 31.7 Å². The van der Waals surface area contributed by atoms with Crippen LogP contribution in [0.5, 0.6) is 0 Å². The second kappa shape index (κ2) is 7.93. The summed E-state index contributed by atoms with van der Waals surface area (Å²) in [6, 6.07) is 10.1. The van der Waals surface area contributed by atoms with Gasteiger partial charge in [0, 0.05) is 13.0 Å². The van der Waals surface area contributed by atoms with Crippen LogP contribution >= 0.6 is 0 Å². The zero-order valence-electron chi connectivity index (χ0n) is 13.6. The maximum Gasteiger partial charge on any atom is 0.220 e. The van der Waals surface area contributed by atoms with Crippen LogP contribution in [0, 0.1) is 0 Å². The van der Waals surface area contributed by atoms with E-state index in [4.69, 9.17) is 4.74 Å². The zero-order valence-corrected chi connectivity index (χ0v) is 14.4. The monoisotopic (exact) mass is 339 g/mol. The number of sulfone groups is 1. The van der Waals surface area contributed by atoms with Gasteiger partial charge in [-0.2, -0.15) is 0 Å². The highest BCUT2D eigenvalue weighted by Gasteiger charge is 2.39. The van der Waals surface area contributed by atoms with Crippen molar-refractivity contribution in [3.63, 3.8) is 0 Å². The third-order valence-corrected chi connectivity index (χ3v) is 5.92. The van der Waals surface area contributed by atoms with Gasteiger partial charge in [0.1, 0.15) is 0 Å². The Hall–Kier alpha value is -1.40. The molecule has 6 heteroatoms. The lowest BCUT2D eigenvalue weighted by Gasteiger charge is -2.23. The minimum Gasteiger partial charge on any atom is -0.381 e. The molecule has 0 spiro atoms. The lowest BCUT2D eigenvalue weighted by Crippen LogP contribution is -2.46. The van der Waals surface area contributed by atoms with E-state index in [2.05, 4.69) is 17.4 Å². The first-order valence-electron chi connectivity index (χ1n) is 8.02. The smallest absolute Gasteiger partial charge is 0.220 e. The van der Waals surface area contributed by atoms with Gasteiger partial charge in [-0.25, -0.2) is 8.42 Å². The first-order chi connectivity index (χ1) is 10.9. The number of ether oxygens (including phenoxy) is 1. The Labute approximate surface area is 138 Å². The maximum atomic E-state index is 11.9. The molecule has 1 fully saturated rings. The van der Waals surface area contributed by atoms with E-state index >= 15 is 0 Å². The average Bonchev–Trinajstić information content (AvgIpc) is 2.77. The summed E-state index contributed by atoms with van der Waals surface area (Å²) in [5.41, 5.74) is 0.630. The molecule has 0 radical (unpaired) electrons. The van der Waals surface area contributed by atoms with E-state index in [0.29, 0.717) is 32.5 Å². The van der Waals surface area contributed by atoms with Gasteiger partial charge < -0.3 is 10.1 Å². The Kier molecular flexibility index (Phi) is 6.18. The molecule has 1 unspecified atom stereocenters. The molecule has 1 aromatic carbocycles. The fourth-order valence-electron chi connectivity index (χ4n) is 2.78. The summed E-state index contributed by atoms with van der Waals surface area (Å²) in [5.74, 6) is 0.0994. The molecule has 0 aliphatic carbocycles. The van der Waals surface area contributed by atoms with E-state index in [0.717, 1.165) is 6.42 Å². The van der Waals surface area contributed by atoms with Gasteiger partial charge in [0.05, 0.1) is 23.7 Å². The van der Waals surface area contributed by atoms with Crippen molar-refractivity contribution in [3.8, 4) is 0 Å². The van der Waals surface area contributed by atoms with Gasteiger partial charge in [-0.1, -0.05) is 30.3 Å². The average molecular weight is 339 g/mol. The van der Waals surface area contributed by atoms with Gasteiger partial charge in [0.15, 0.2) is 9.84 Å². The predicted octanol–water partition coefficient (Wildman–Crippen LogP) is 1.72. The first-order valence-corrected chi connectivity index (χ1v) is 9.84. The van der Waals surface area contributed by atoms with Crippen molar-refractivity contribution in [2.45, 2.75) is 38.1 Å². The third kappa shape index (κ3) is 6.31. The van der Waals surface area contributed by atoms with Crippen LogP contribution in [-0.2, 0) is 25.8 Å². The summed E-state index contributed by atoms with van der Waals surface area (Å²) in [7, 11) is -3.00. The normalized spacial score (nSPS) is 22.8. The summed E-state index contributed by atoms with van der Waals surface area (Å²) in [4.78, 5) is 11.9. The van der Waals surface area contributed by atoms with Gasteiger partial charge in [-0.3, -0.25) is 4.79 Å². The summed E-state index contributed by atoms with van der Waals surface area (Å²) >= 11 is 0. The molecule has 23 heavy (non-hydrogen) atoms. The fourth-order valence-corrected chi connectivity index (χ4v) is 4.87. The van der Waals surface area contributed by atoms with Crippen LogP contribution in [0.25, 0.3) is 0 Å². The summed E-state index contributed by atoms with van der Waals surface area (Å²) in [6.07, 6.45) is 2.36. The van der Waals surface area contributed by atoms with Crippen LogP contribution in [0.3, 0.4) is 0 Å². The summed E-state index contributed by atoms with van der Waals surface area (Å²) in [5, 5.41) is 2.85. The number of carbonyl (C=O) groups is 1. The molecule has 0 saturated carbocycles. The molecule has 1 aromatic rings. The number of benzene rings is 1. The van der Waals surface area contributed by atoms with Crippen LogP contribution in [0.2, 0.25) is 0 Å². The highest BCUT2D eigenvalue weighted by molar-refractivity contribution is 7.91. The van der Waals surface area contributed by atoms with Gasteiger partial charge in [0.25, 0.3) is 0 Å². The van der Waals surface area contributed by atoms with Crippen molar-refractivity contribution >= 4 is 15.7 Å². The second-order valence-corrected chi connectivity index (χ2v) is 8.59. The zero-order chi connectivity index (χ0) is 16.8. The molecule has 2 rings (SSSR count). The maximum absolute atomic E-state index is 11.9. The molecule has 1 aliphatic rings. The Morgan fingerprint density at radius 3 is 2.65 bits per heavy atom. The van der Waals surface area contributed by atoms with Gasteiger partial charge >= 0.3 is 0 Å². The minimum absolute atomic E-state index is 0.0410. The molecule has 128 valence electrons. The standard InChI is InChI=1S/C17H25NO4S/c1-17(10-13-23(20,21)14-17)18-16(19)8-5-11-22-12-9-15-6-3-2-4-7-15/h2-4,6-7H,5,8-14H2,1H3,(H,18,19). The second-order valence-electron chi connectivity index (χ2n) is 6.40. The van der Waals surface area contributed by atoms with Gasteiger partial charge in [0.2, 0.25) is 5.91 Å². The van der Waals surface area contributed by atoms with E-state index in [1.807, 2.05) is 18.2 Å². The Morgan fingerprint density at radius 1 is 1.26 bits per heavy atom. The van der Waals surface area contributed by atoms with Crippen molar-refractivity contribution in [3.05, 3.63) is 35.9 Å². The molecular formula is C17H25NO4S. The molecule has 5 nitrogen and oxygen atoms in total. The van der Waals surface area contributed by atoms with Crippen LogP contribution in [-0.4, -0.2) is 44.6 Å². The van der Waals surface area contributed by atoms with Gasteiger partial charge in [-0.15, -0.1) is 0 Å². The summed E-state index contributed by atoms with van der Waals surface area (Å²) in [6.45, 7) is 2.97. The van der Waals surface area contributed by atoms with Crippen molar-refractivity contribution in [1.82, 2.24) is 5.32 Å². The lowest BCUT2D eigenvalue weighted by atomic mass is 10.0. The fraction of sp³-hybridized carbons (Fsp3) is 0.588. The lowest BCUT2D eigenvalue weighted by molar-refractivity contribution is -0.122. The predicted molar refractivity (Wildman–Crippen MR) is 90.0 cm³/mol. The highest BCUT2D eigenvalue weighted by Crippen LogP contribution is 2.22. The van der Waals surface area contributed by atoms with E-state index in [1.54, 1.807) is 6.92 Å². The van der Waals surface area contributed by atoms with Crippen LogP contribution in [0.15, 0.2) is 30.3 Å². The molecule has 1 atom stereocenters. The van der Waals surface area contributed by atoms with Crippen molar-refractivity contribution in [2.24, 2.45) is 0 Å². The minimum atomic E-state index is -3.00. The number of hydrogen-bond acceptors (Lipinski definition) is 4. The number of hydrogen-bond donors (Lipinski definition) is 1. The molecule has 0 aromatic heterocycles. The topological polar surface area (TPSA) is 72.5 Å². The van der Waals surface area contributed by atoms with Crippen molar-refractivity contribution in [1.29, 1.82) is 0 Å². The molecule has 0 bridgehead atoms. The summed E-state index contributed by atoms with van der Waals surface area (Å²) < 4.78 is 28.6. The van der Waals surface area contributed by atoms with E-state index in [-0.39, 0.29) is 17.4 Å². The van der Waals surface area contributed by atoms with Gasteiger partial charge in [-0.05, 0) is 31.7 Å². The molecule has 1 heterocycles. The van der Waals surface area contributed by atoms with Crippen molar-refractivity contribution in [2.75, 3.05) is 24.7 Å². The molecule has 1 aliphatic heterocycles. The van der Waals surface area contributed by atoms with E-state index in [9.17, 15) is 13.2 Å². The highest BCUT2D eigenvalue weighted by atomic mass is 32.2. The number of carbonyl (C=O) groups excluding carboxylic acids is 1. The number of rotatable bonds is 8. The van der Waals surface area contributed by atoms with Crippen LogP contribution in [0.4, 0.5) is 0 Å². The largest absolute Gasteiger partial charge is 0.381 e. The first kappa shape index (κ1) is 17.9. The molecule has 1 amide bonds. The SMILES string of the molecule is CC1(NC(=O)CCCOCCc2ccccc2)CCS(=O)(=O)C1. The van der Waals surface area contributed by atoms with Crippen LogP contribution < -0.4 is 5.32 Å². The Balaban J connectivity index is 1.57. The third-order valence-electron chi connectivity index (χ3n) is 4.01. The molecule has 1 saturated heterocycles.